The van der Waals surface area contributed by atoms with E-state index in [1.165, 1.54) is 18.6 Å². The number of hydrogen-bond acceptors (Lipinski definition) is 6. The van der Waals surface area contributed by atoms with E-state index >= 15 is 0 Å². The molecule has 1 heterocycles. The van der Waals surface area contributed by atoms with Crippen LogP contribution in [0, 0.1) is 16.0 Å². The Labute approximate surface area is 174 Å². The van der Waals surface area contributed by atoms with E-state index < -0.39 is 0 Å². The van der Waals surface area contributed by atoms with Gasteiger partial charge in [0.25, 0.3) is 5.69 Å². The molecule has 0 fully saturated rings. The Hall–Kier alpha value is -3.48. The second-order valence-corrected chi connectivity index (χ2v) is 7.69. The molecule has 2 aromatic rings. The number of hydrogen-bond donors (Lipinski definition) is 0. The fourth-order valence-corrected chi connectivity index (χ4v) is 4.42. The quantitative estimate of drug-likeness (QED) is 0.418. The summed E-state index contributed by atoms with van der Waals surface area (Å²) in [6.07, 6.45) is 3.31. The van der Waals surface area contributed by atoms with Crippen molar-refractivity contribution in [2.75, 3.05) is 7.11 Å². The first-order valence-electron chi connectivity index (χ1n) is 9.87. The molecule has 2 aliphatic rings. The highest BCUT2D eigenvalue weighted by atomic mass is 16.6. The zero-order valence-electron chi connectivity index (χ0n) is 17.2. The summed E-state index contributed by atoms with van der Waals surface area (Å²) < 4.78 is 5.41. The van der Waals surface area contributed by atoms with Gasteiger partial charge >= 0.3 is 0 Å². The zero-order valence-corrected chi connectivity index (χ0v) is 17.2. The van der Waals surface area contributed by atoms with Gasteiger partial charge in [-0.25, -0.2) is 0 Å². The van der Waals surface area contributed by atoms with Crippen LogP contribution < -0.4 is 4.74 Å². The number of ether oxygens (including phenoxy) is 1. The number of hydrazone groups is 1. The summed E-state index contributed by atoms with van der Waals surface area (Å²) in [5, 5.41) is 18.1. The number of non-ortho nitro benzene ring substituents is 1. The summed E-state index contributed by atoms with van der Waals surface area (Å²) in [5.74, 6) is 0.753. The van der Waals surface area contributed by atoms with Gasteiger partial charge < -0.3 is 4.74 Å². The van der Waals surface area contributed by atoms with Crippen molar-refractivity contribution in [3.05, 3.63) is 81.0 Å². The van der Waals surface area contributed by atoms with Crippen molar-refractivity contribution < 1.29 is 14.5 Å². The number of carbonyl (C=O) groups is 1. The molecule has 2 aromatic carbocycles. The average molecular weight is 405 g/mol. The molecule has 0 saturated carbocycles. The zero-order chi connectivity index (χ0) is 21.4. The van der Waals surface area contributed by atoms with Gasteiger partial charge in [0.15, 0.2) is 5.78 Å². The Morgan fingerprint density at radius 3 is 2.77 bits per heavy atom. The van der Waals surface area contributed by atoms with Crippen molar-refractivity contribution in [2.24, 2.45) is 11.0 Å². The predicted octanol–water partition coefficient (Wildman–Crippen LogP) is 4.42. The van der Waals surface area contributed by atoms with Crippen molar-refractivity contribution in [1.29, 1.82) is 0 Å². The number of fused-ring (bicyclic) bond motifs is 3. The highest BCUT2D eigenvalue weighted by molar-refractivity contribution is 6.06. The number of benzene rings is 2. The summed E-state index contributed by atoms with van der Waals surface area (Å²) in [6, 6.07) is 12.5. The molecule has 0 radical (unpaired) electrons. The Bertz CT molecular complexity index is 1090. The summed E-state index contributed by atoms with van der Waals surface area (Å²) >= 11 is 0. The summed E-state index contributed by atoms with van der Waals surface area (Å²) in [7, 11) is 1.64. The van der Waals surface area contributed by atoms with E-state index in [9.17, 15) is 14.9 Å². The Balaban J connectivity index is 1.85. The minimum Gasteiger partial charge on any atom is -0.497 e. The van der Waals surface area contributed by atoms with E-state index in [1.807, 2.05) is 30.1 Å². The third-order valence-electron chi connectivity index (χ3n) is 5.73. The number of rotatable bonds is 5. The van der Waals surface area contributed by atoms with E-state index in [4.69, 9.17) is 9.84 Å². The second kappa shape index (κ2) is 7.74. The van der Waals surface area contributed by atoms with Gasteiger partial charge in [-0.15, -0.1) is 0 Å². The first-order valence-corrected chi connectivity index (χ1v) is 9.87. The second-order valence-electron chi connectivity index (χ2n) is 7.69. The number of methoxy groups -OCH3 is 1. The van der Waals surface area contributed by atoms with Crippen LogP contribution in [-0.4, -0.2) is 28.5 Å². The third kappa shape index (κ3) is 3.47. The molecule has 1 aliphatic heterocycles. The first-order chi connectivity index (χ1) is 14.4. The van der Waals surface area contributed by atoms with E-state index in [0.717, 1.165) is 35.4 Å². The normalized spacial score (nSPS) is 20.3. The SMILES string of the molecule is COc1ccc2c(c1)C1=NN(/C(C)=C/C(C)=O)[C@H](c3cccc([N+](=O)[O-])c3)[C@@H]1CC2. The van der Waals surface area contributed by atoms with Crippen molar-refractivity contribution in [2.45, 2.75) is 32.7 Å². The lowest BCUT2D eigenvalue weighted by molar-refractivity contribution is -0.385. The number of nitro benzene ring substituents is 1. The van der Waals surface area contributed by atoms with Crippen molar-refractivity contribution in [3.63, 3.8) is 0 Å². The van der Waals surface area contributed by atoms with Gasteiger partial charge in [-0.2, -0.15) is 5.10 Å². The van der Waals surface area contributed by atoms with Crippen LogP contribution >= 0.6 is 0 Å². The summed E-state index contributed by atoms with van der Waals surface area (Å²) in [5.41, 5.74) is 4.76. The van der Waals surface area contributed by atoms with E-state index in [2.05, 4.69) is 6.07 Å². The lowest BCUT2D eigenvalue weighted by Crippen LogP contribution is -2.28. The number of carbonyl (C=O) groups excluding carboxylic acids is 1. The van der Waals surface area contributed by atoms with Crippen molar-refractivity contribution in [3.8, 4) is 5.75 Å². The molecule has 0 unspecified atom stereocenters. The van der Waals surface area contributed by atoms with Gasteiger partial charge in [-0.1, -0.05) is 18.2 Å². The van der Waals surface area contributed by atoms with Crippen LogP contribution in [0.25, 0.3) is 0 Å². The minimum atomic E-state index is -0.385. The van der Waals surface area contributed by atoms with Crippen molar-refractivity contribution in [1.82, 2.24) is 5.01 Å². The molecule has 4 rings (SSSR count). The molecule has 0 spiro atoms. The molecule has 0 bridgehead atoms. The fourth-order valence-electron chi connectivity index (χ4n) is 4.42. The molecule has 7 nitrogen and oxygen atoms in total. The number of nitrogens with zero attached hydrogens (tertiary/aromatic N) is 3. The van der Waals surface area contributed by atoms with Gasteiger partial charge in [0.05, 0.1) is 23.8 Å². The molecular weight excluding hydrogens is 382 g/mol. The highest BCUT2D eigenvalue weighted by Crippen LogP contribution is 2.45. The van der Waals surface area contributed by atoms with Crippen LogP contribution in [0.2, 0.25) is 0 Å². The topological polar surface area (TPSA) is 85.0 Å². The molecule has 2 atom stereocenters. The van der Waals surface area contributed by atoms with Crippen LogP contribution in [0.15, 0.2) is 59.3 Å². The number of aryl methyl sites for hydroxylation is 1. The maximum absolute atomic E-state index is 11.7. The molecule has 7 heteroatoms. The molecule has 0 saturated heterocycles. The maximum Gasteiger partial charge on any atom is 0.269 e. The molecular formula is C23H23N3O4. The Morgan fingerprint density at radius 1 is 1.27 bits per heavy atom. The first kappa shape index (κ1) is 19.8. The van der Waals surface area contributed by atoms with Gasteiger partial charge in [0.2, 0.25) is 0 Å². The number of ketones is 1. The summed E-state index contributed by atoms with van der Waals surface area (Å²) in [4.78, 5) is 22.7. The Morgan fingerprint density at radius 2 is 2.07 bits per heavy atom. The van der Waals surface area contributed by atoms with E-state index in [0.29, 0.717) is 5.70 Å². The van der Waals surface area contributed by atoms with Gasteiger partial charge in [0, 0.05) is 35.4 Å². The van der Waals surface area contributed by atoms with Crippen LogP contribution in [0.3, 0.4) is 0 Å². The average Bonchev–Trinajstić information content (AvgIpc) is 3.13. The molecule has 30 heavy (non-hydrogen) atoms. The molecule has 0 amide bonds. The number of nitro groups is 1. The molecule has 0 aromatic heterocycles. The van der Waals surface area contributed by atoms with Gasteiger partial charge in [-0.3, -0.25) is 19.9 Å². The highest BCUT2D eigenvalue weighted by Gasteiger charge is 2.42. The van der Waals surface area contributed by atoms with Crippen molar-refractivity contribution >= 4 is 17.2 Å². The van der Waals surface area contributed by atoms with Gasteiger partial charge in [0.1, 0.15) is 5.75 Å². The fraction of sp³-hybridized carbons (Fsp3) is 0.304. The standard InChI is InChI=1S/C23H23N3O4/c1-14(11-15(2)27)25-23(17-5-4-6-18(12-17)26(28)29)20-10-8-16-7-9-19(30-3)13-21(16)22(20)24-25/h4-7,9,11-13,20,23H,8,10H2,1-3H3/b14-11+/t20-,23-/m1/s1. The smallest absolute Gasteiger partial charge is 0.269 e. The third-order valence-corrected chi connectivity index (χ3v) is 5.73. The lowest BCUT2D eigenvalue weighted by atomic mass is 9.77. The summed E-state index contributed by atoms with van der Waals surface area (Å²) in [6.45, 7) is 3.35. The van der Waals surface area contributed by atoms with E-state index in [1.54, 1.807) is 25.3 Å². The van der Waals surface area contributed by atoms with Crippen LogP contribution in [0.4, 0.5) is 5.69 Å². The predicted molar refractivity (Wildman–Crippen MR) is 113 cm³/mol. The van der Waals surface area contributed by atoms with Crippen LogP contribution in [0.5, 0.6) is 5.75 Å². The van der Waals surface area contributed by atoms with Crippen LogP contribution in [0.1, 0.15) is 43.0 Å². The molecule has 1 aliphatic carbocycles. The van der Waals surface area contributed by atoms with E-state index in [-0.39, 0.29) is 28.4 Å². The van der Waals surface area contributed by atoms with Crippen LogP contribution in [-0.2, 0) is 11.2 Å². The molecule has 154 valence electrons. The largest absolute Gasteiger partial charge is 0.497 e. The monoisotopic (exact) mass is 405 g/mol. The minimum absolute atomic E-state index is 0.0481. The Kier molecular flexibility index (Phi) is 5.11. The lowest BCUT2D eigenvalue weighted by Gasteiger charge is -2.31. The number of allylic oxidation sites excluding steroid dienone is 2. The van der Waals surface area contributed by atoms with Gasteiger partial charge in [-0.05, 0) is 49.9 Å². The molecule has 0 N–H and O–H groups in total. The maximum atomic E-state index is 11.7.